The Hall–Kier alpha value is -2.87. The van der Waals surface area contributed by atoms with Crippen molar-refractivity contribution in [2.75, 3.05) is 0 Å². The first kappa shape index (κ1) is 21.4. The quantitative estimate of drug-likeness (QED) is 0.743. The maximum absolute atomic E-state index is 14.4. The predicted molar refractivity (Wildman–Crippen MR) is 110 cm³/mol. The van der Waals surface area contributed by atoms with E-state index in [1.807, 2.05) is 5.32 Å². The van der Waals surface area contributed by atoms with Gasteiger partial charge in [-0.1, -0.05) is 60.8 Å². The largest absolute Gasteiger partial charge is 0.442 e. The molecule has 9 heteroatoms. The Morgan fingerprint density at radius 3 is 2.39 bits per heavy atom. The second-order valence-electron chi connectivity index (χ2n) is 7.59. The number of carbonyl (C=O) groups excluding carboxylic acids is 2. The van der Waals surface area contributed by atoms with Crippen LogP contribution in [0.25, 0.3) is 0 Å². The number of nitrogens with one attached hydrogen (secondary N) is 1. The number of hydrogen-bond acceptors (Lipinski definition) is 3. The summed E-state index contributed by atoms with van der Waals surface area (Å²) in [5.74, 6) is -2.46. The van der Waals surface area contributed by atoms with Crippen molar-refractivity contribution >= 4 is 29.3 Å². The number of hydrogen-bond donors (Lipinski definition) is 1. The van der Waals surface area contributed by atoms with Gasteiger partial charge in [0.15, 0.2) is 0 Å². The summed E-state index contributed by atoms with van der Waals surface area (Å²) >= 11 is 5.87. The molecule has 0 spiro atoms. The van der Waals surface area contributed by atoms with E-state index in [0.717, 1.165) is 17.7 Å². The second kappa shape index (κ2) is 8.00. The fourth-order valence-electron chi connectivity index (χ4n) is 4.03. The highest BCUT2D eigenvalue weighted by Gasteiger charge is 2.68. The highest BCUT2D eigenvalue weighted by molar-refractivity contribution is 6.31. The molecule has 4 rings (SSSR count). The molecule has 1 atom stereocenters. The van der Waals surface area contributed by atoms with Gasteiger partial charge in [-0.25, -0.2) is 4.99 Å². The summed E-state index contributed by atoms with van der Waals surface area (Å²) < 4.78 is 43.1. The zero-order valence-corrected chi connectivity index (χ0v) is 17.1. The Morgan fingerprint density at radius 1 is 1.10 bits per heavy atom. The van der Waals surface area contributed by atoms with Crippen LogP contribution in [-0.2, 0) is 4.79 Å². The number of aliphatic imine (C=N–C) groups is 1. The van der Waals surface area contributed by atoms with Crippen LogP contribution < -0.4 is 5.32 Å². The van der Waals surface area contributed by atoms with E-state index >= 15 is 0 Å². The molecule has 1 saturated carbocycles. The molecule has 2 aromatic carbocycles. The molecule has 0 unspecified atom stereocenters. The minimum absolute atomic E-state index is 0.0822. The Labute approximate surface area is 181 Å². The van der Waals surface area contributed by atoms with Gasteiger partial charge < -0.3 is 5.32 Å². The van der Waals surface area contributed by atoms with Gasteiger partial charge in [-0.05, 0) is 31.0 Å². The monoisotopic (exact) mass is 449 g/mol. The van der Waals surface area contributed by atoms with Crippen molar-refractivity contribution in [1.29, 1.82) is 0 Å². The molecular formula is C22H19ClF3N3O2. The van der Waals surface area contributed by atoms with Crippen molar-refractivity contribution in [1.82, 2.24) is 10.2 Å². The summed E-state index contributed by atoms with van der Waals surface area (Å²) in [5, 5.41) is 2.07. The van der Waals surface area contributed by atoms with E-state index in [4.69, 9.17) is 11.6 Å². The van der Waals surface area contributed by atoms with Gasteiger partial charge >= 0.3 is 11.8 Å². The van der Waals surface area contributed by atoms with Gasteiger partial charge in [0.25, 0.3) is 11.8 Å². The SMILES string of the molecule is O=C(N[C@]1(C(F)(F)F)N=C(c2ccccc2)N(C2CCCC2)C1=O)c1cccc(Cl)c1. The van der Waals surface area contributed by atoms with Crippen molar-refractivity contribution in [2.45, 2.75) is 43.6 Å². The summed E-state index contributed by atoms with van der Waals surface area (Å²) in [7, 11) is 0. The minimum atomic E-state index is -5.15. The lowest BCUT2D eigenvalue weighted by molar-refractivity contribution is -0.196. The van der Waals surface area contributed by atoms with Gasteiger partial charge in [-0.2, -0.15) is 13.2 Å². The van der Waals surface area contributed by atoms with Crippen molar-refractivity contribution in [3.8, 4) is 0 Å². The number of rotatable bonds is 4. The first-order valence-electron chi connectivity index (χ1n) is 9.87. The molecule has 162 valence electrons. The Kier molecular flexibility index (Phi) is 5.51. The van der Waals surface area contributed by atoms with Gasteiger partial charge in [0.05, 0.1) is 0 Å². The van der Waals surface area contributed by atoms with Crippen LogP contribution >= 0.6 is 11.6 Å². The van der Waals surface area contributed by atoms with E-state index < -0.39 is 29.7 Å². The smallest absolute Gasteiger partial charge is 0.312 e. The van der Waals surface area contributed by atoms with E-state index in [1.54, 1.807) is 30.3 Å². The van der Waals surface area contributed by atoms with E-state index in [1.165, 1.54) is 24.3 Å². The number of amidine groups is 1. The number of alkyl halides is 3. The standard InChI is InChI=1S/C22H19ClF3N3O2/c23-16-10-6-9-15(13-16)19(30)28-21(22(24,25)26)20(31)29(17-11-4-5-12-17)18(27-21)14-7-2-1-3-8-14/h1-3,6-10,13,17H,4-5,11-12H2,(H,28,30)/t21-/m1/s1. The van der Waals surface area contributed by atoms with Crippen LogP contribution in [0.15, 0.2) is 59.6 Å². The Morgan fingerprint density at radius 2 is 1.77 bits per heavy atom. The van der Waals surface area contributed by atoms with Gasteiger partial charge in [-0.3, -0.25) is 14.5 Å². The zero-order chi connectivity index (χ0) is 22.2. The van der Waals surface area contributed by atoms with Gasteiger partial charge in [-0.15, -0.1) is 0 Å². The topological polar surface area (TPSA) is 61.8 Å². The van der Waals surface area contributed by atoms with Crippen LogP contribution in [0.2, 0.25) is 5.02 Å². The molecule has 0 bridgehead atoms. The molecule has 2 amide bonds. The number of carbonyl (C=O) groups is 2. The average Bonchev–Trinajstić information content (AvgIpc) is 3.35. The summed E-state index contributed by atoms with van der Waals surface area (Å²) in [5.41, 5.74) is -3.12. The van der Waals surface area contributed by atoms with Crippen LogP contribution in [-0.4, -0.2) is 40.4 Å². The molecule has 2 aliphatic rings. The van der Waals surface area contributed by atoms with Crippen molar-refractivity contribution in [3.63, 3.8) is 0 Å². The molecule has 1 aliphatic carbocycles. The maximum Gasteiger partial charge on any atom is 0.442 e. The third kappa shape index (κ3) is 3.80. The maximum atomic E-state index is 14.4. The molecule has 0 radical (unpaired) electrons. The van der Waals surface area contributed by atoms with E-state index in [2.05, 4.69) is 4.99 Å². The third-order valence-electron chi connectivity index (χ3n) is 5.54. The molecule has 1 N–H and O–H groups in total. The van der Waals surface area contributed by atoms with E-state index in [9.17, 15) is 22.8 Å². The molecule has 31 heavy (non-hydrogen) atoms. The van der Waals surface area contributed by atoms with Crippen LogP contribution in [0.3, 0.4) is 0 Å². The normalized spacial score (nSPS) is 22.0. The lowest BCUT2D eigenvalue weighted by atomic mass is 10.1. The second-order valence-corrected chi connectivity index (χ2v) is 8.02. The van der Waals surface area contributed by atoms with Crippen LogP contribution in [0.5, 0.6) is 0 Å². The number of benzene rings is 2. The van der Waals surface area contributed by atoms with Gasteiger partial charge in [0, 0.05) is 22.2 Å². The number of nitrogens with zero attached hydrogens (tertiary/aromatic N) is 2. The Bertz CT molecular complexity index is 1040. The van der Waals surface area contributed by atoms with Crippen LogP contribution in [0.4, 0.5) is 13.2 Å². The molecule has 1 heterocycles. The van der Waals surface area contributed by atoms with Crippen molar-refractivity contribution < 1.29 is 22.8 Å². The molecular weight excluding hydrogens is 431 g/mol. The summed E-state index contributed by atoms with van der Waals surface area (Å²) in [6, 6.07) is 13.3. The fraction of sp³-hybridized carbons (Fsp3) is 0.318. The molecule has 5 nitrogen and oxygen atoms in total. The minimum Gasteiger partial charge on any atom is -0.312 e. The first-order valence-corrected chi connectivity index (χ1v) is 10.2. The Balaban J connectivity index is 1.81. The summed E-state index contributed by atoms with van der Waals surface area (Å²) in [6.07, 6.45) is -2.37. The molecule has 0 saturated heterocycles. The molecule has 2 aromatic rings. The number of halogens is 4. The lowest BCUT2D eigenvalue weighted by Crippen LogP contribution is -2.64. The zero-order valence-electron chi connectivity index (χ0n) is 16.3. The predicted octanol–water partition coefficient (Wildman–Crippen LogP) is 4.56. The van der Waals surface area contributed by atoms with Gasteiger partial charge in [0.1, 0.15) is 5.84 Å². The first-order chi connectivity index (χ1) is 14.7. The van der Waals surface area contributed by atoms with Crippen LogP contribution in [0.1, 0.15) is 41.6 Å². The average molecular weight is 450 g/mol. The van der Waals surface area contributed by atoms with E-state index in [-0.39, 0.29) is 16.4 Å². The summed E-state index contributed by atoms with van der Waals surface area (Å²) in [6.45, 7) is 0. The number of amides is 2. The van der Waals surface area contributed by atoms with Crippen molar-refractivity contribution in [2.24, 2.45) is 4.99 Å². The van der Waals surface area contributed by atoms with Crippen molar-refractivity contribution in [3.05, 3.63) is 70.7 Å². The highest BCUT2D eigenvalue weighted by atomic mass is 35.5. The van der Waals surface area contributed by atoms with Gasteiger partial charge in [0.2, 0.25) is 0 Å². The highest BCUT2D eigenvalue weighted by Crippen LogP contribution is 2.41. The molecule has 0 aromatic heterocycles. The molecule has 1 fully saturated rings. The van der Waals surface area contributed by atoms with Crippen LogP contribution in [0, 0.1) is 0 Å². The third-order valence-corrected chi connectivity index (χ3v) is 5.78. The fourth-order valence-corrected chi connectivity index (χ4v) is 4.22. The van der Waals surface area contributed by atoms with E-state index in [0.29, 0.717) is 18.4 Å². The summed E-state index contributed by atoms with van der Waals surface area (Å²) in [4.78, 5) is 31.0. The molecule has 1 aliphatic heterocycles. The lowest BCUT2D eigenvalue weighted by Gasteiger charge is -2.31.